The van der Waals surface area contributed by atoms with Gasteiger partial charge in [-0.2, -0.15) is 13.2 Å². The normalized spacial score (nSPS) is 17.1. The topological polar surface area (TPSA) is 93.4 Å². The fourth-order valence-electron chi connectivity index (χ4n) is 2.80. The third-order valence-corrected chi connectivity index (χ3v) is 4.60. The molecule has 2 aromatic heterocycles. The van der Waals surface area contributed by atoms with Gasteiger partial charge in [-0.05, 0) is 6.92 Å². The number of ether oxygens (including phenoxy) is 1. The van der Waals surface area contributed by atoms with Crippen LogP contribution in [0.25, 0.3) is 0 Å². The molecule has 27 heavy (non-hydrogen) atoms. The summed E-state index contributed by atoms with van der Waals surface area (Å²) in [5, 5.41) is 18.9. The fraction of sp³-hybridized carbons (Fsp3) is 0.600. The molecule has 1 aliphatic heterocycles. The summed E-state index contributed by atoms with van der Waals surface area (Å²) in [6, 6.07) is 0. The molecule has 0 saturated carbocycles. The van der Waals surface area contributed by atoms with Gasteiger partial charge in [0, 0.05) is 44.2 Å². The Hall–Kier alpha value is -2.05. The zero-order valence-corrected chi connectivity index (χ0v) is 15.6. The number of aryl methyl sites for hydroxylation is 1. The van der Waals surface area contributed by atoms with Crippen LogP contribution in [0.15, 0.2) is 11.6 Å². The van der Waals surface area contributed by atoms with Crippen molar-refractivity contribution in [3.63, 3.8) is 0 Å². The minimum absolute atomic E-state index is 0.332. The van der Waals surface area contributed by atoms with Crippen LogP contribution in [0, 0.1) is 0 Å². The molecule has 0 bridgehead atoms. The highest BCUT2D eigenvalue weighted by molar-refractivity contribution is 7.09. The van der Waals surface area contributed by atoms with Gasteiger partial charge in [-0.25, -0.2) is 14.5 Å². The highest BCUT2D eigenvalue weighted by Gasteiger charge is 2.38. The Morgan fingerprint density at radius 2 is 2.19 bits per heavy atom. The molecule has 8 nitrogen and oxygen atoms in total. The Bertz CT molecular complexity index is 736. The maximum Gasteiger partial charge on any atom is 0.490 e. The number of rotatable bonds is 5. The number of aromatic nitrogens is 4. The first-order valence-electron chi connectivity index (χ1n) is 8.08. The molecular weight excluding hydrogens is 387 g/mol. The standard InChI is InChI=1S/C13H19N5OS.C2HF3O2/c1-3-18-13-10(9-19-2)6-17(7-11(13)15-16-18)8-12-14-4-5-20-12;3-2(4,5)1(6)7/h4-5,10H,3,6-9H2,1-2H3;(H,6,7). The number of carbonyl (C=O) groups is 1. The molecule has 1 atom stereocenters. The molecule has 0 aromatic carbocycles. The van der Waals surface area contributed by atoms with Gasteiger partial charge in [-0.15, -0.1) is 16.4 Å². The number of hydrogen-bond donors (Lipinski definition) is 1. The third-order valence-electron chi connectivity index (χ3n) is 3.84. The number of carboxylic acid groups (broad SMARTS) is 1. The van der Waals surface area contributed by atoms with Crippen LogP contribution in [-0.4, -0.2) is 62.4 Å². The van der Waals surface area contributed by atoms with Gasteiger partial charge in [0.2, 0.25) is 0 Å². The van der Waals surface area contributed by atoms with E-state index in [0.29, 0.717) is 12.5 Å². The van der Waals surface area contributed by atoms with Gasteiger partial charge in [-0.1, -0.05) is 5.21 Å². The zero-order valence-electron chi connectivity index (χ0n) is 14.8. The maximum absolute atomic E-state index is 10.6. The van der Waals surface area contributed by atoms with Crippen molar-refractivity contribution in [2.75, 3.05) is 20.3 Å². The zero-order chi connectivity index (χ0) is 20.0. The van der Waals surface area contributed by atoms with Crippen LogP contribution in [-0.2, 0) is 29.2 Å². The molecule has 0 fully saturated rings. The SMILES string of the molecule is CCn1nnc2c1C(COC)CN(Cc1nccs1)C2.O=C(O)C(F)(F)F. The number of halogens is 3. The van der Waals surface area contributed by atoms with Crippen molar-refractivity contribution in [1.82, 2.24) is 24.9 Å². The van der Waals surface area contributed by atoms with Gasteiger partial charge in [0.05, 0.1) is 18.8 Å². The summed E-state index contributed by atoms with van der Waals surface area (Å²) in [6.45, 7) is 6.34. The van der Waals surface area contributed by atoms with Crippen molar-refractivity contribution in [3.05, 3.63) is 28.0 Å². The lowest BCUT2D eigenvalue weighted by Gasteiger charge is -2.31. The van der Waals surface area contributed by atoms with Crippen molar-refractivity contribution < 1.29 is 27.8 Å². The van der Waals surface area contributed by atoms with Gasteiger partial charge in [-0.3, -0.25) is 4.90 Å². The molecule has 0 amide bonds. The summed E-state index contributed by atoms with van der Waals surface area (Å²) in [5.74, 6) is -2.42. The maximum atomic E-state index is 10.6. The van der Waals surface area contributed by atoms with Gasteiger partial charge in [0.15, 0.2) is 0 Å². The second kappa shape index (κ2) is 9.24. The van der Waals surface area contributed by atoms with E-state index in [1.165, 1.54) is 5.69 Å². The quantitative estimate of drug-likeness (QED) is 0.812. The monoisotopic (exact) mass is 407 g/mol. The lowest BCUT2D eigenvalue weighted by atomic mass is 9.99. The molecule has 1 N–H and O–H groups in total. The smallest absolute Gasteiger partial charge is 0.475 e. The van der Waals surface area contributed by atoms with Gasteiger partial charge in [0.1, 0.15) is 10.7 Å². The summed E-state index contributed by atoms with van der Waals surface area (Å²) in [7, 11) is 1.75. The predicted octanol–water partition coefficient (Wildman–Crippen LogP) is 2.13. The van der Waals surface area contributed by atoms with Gasteiger partial charge < -0.3 is 9.84 Å². The van der Waals surface area contributed by atoms with E-state index < -0.39 is 12.1 Å². The number of nitrogens with zero attached hydrogens (tertiary/aromatic N) is 5. The lowest BCUT2D eigenvalue weighted by Crippen LogP contribution is -2.36. The molecule has 1 unspecified atom stereocenters. The van der Waals surface area contributed by atoms with Crippen LogP contribution in [0.1, 0.15) is 29.2 Å². The van der Waals surface area contributed by atoms with Crippen molar-refractivity contribution in [3.8, 4) is 0 Å². The van der Waals surface area contributed by atoms with E-state index in [1.54, 1.807) is 18.4 Å². The van der Waals surface area contributed by atoms with E-state index in [1.807, 2.05) is 16.3 Å². The summed E-state index contributed by atoms with van der Waals surface area (Å²) in [4.78, 5) is 15.6. The fourth-order valence-corrected chi connectivity index (χ4v) is 3.46. The number of carboxylic acids is 1. The van der Waals surface area contributed by atoms with Crippen LogP contribution >= 0.6 is 11.3 Å². The summed E-state index contributed by atoms with van der Waals surface area (Å²) in [5.41, 5.74) is 2.32. The average molecular weight is 407 g/mol. The second-order valence-electron chi connectivity index (χ2n) is 5.79. The molecule has 0 saturated heterocycles. The minimum atomic E-state index is -5.08. The number of fused-ring (bicyclic) bond motifs is 1. The molecule has 3 heterocycles. The molecule has 2 aromatic rings. The molecule has 3 rings (SSSR count). The Morgan fingerprint density at radius 3 is 2.70 bits per heavy atom. The molecular formula is C15H20F3N5O3S. The van der Waals surface area contributed by atoms with Crippen molar-refractivity contribution >= 4 is 17.3 Å². The van der Waals surface area contributed by atoms with Gasteiger partial charge >= 0.3 is 12.1 Å². The largest absolute Gasteiger partial charge is 0.490 e. The van der Waals surface area contributed by atoms with Crippen LogP contribution in [0.4, 0.5) is 13.2 Å². The van der Waals surface area contributed by atoms with Crippen molar-refractivity contribution in [2.24, 2.45) is 0 Å². The van der Waals surface area contributed by atoms with E-state index in [0.717, 1.165) is 36.9 Å². The number of hydrogen-bond acceptors (Lipinski definition) is 7. The van der Waals surface area contributed by atoms with E-state index in [4.69, 9.17) is 14.6 Å². The Kier molecular flexibility index (Phi) is 7.27. The molecule has 0 spiro atoms. The number of alkyl halides is 3. The van der Waals surface area contributed by atoms with Crippen LogP contribution in [0.3, 0.4) is 0 Å². The third kappa shape index (κ3) is 5.71. The van der Waals surface area contributed by atoms with E-state index in [-0.39, 0.29) is 0 Å². The molecule has 12 heteroatoms. The number of thiazole rings is 1. The predicted molar refractivity (Wildman–Crippen MR) is 90.2 cm³/mol. The summed E-state index contributed by atoms with van der Waals surface area (Å²) in [6.07, 6.45) is -3.23. The average Bonchev–Trinajstić information content (AvgIpc) is 3.24. The van der Waals surface area contributed by atoms with Crippen molar-refractivity contribution in [1.29, 1.82) is 0 Å². The first-order valence-corrected chi connectivity index (χ1v) is 8.96. The summed E-state index contributed by atoms with van der Waals surface area (Å²) >= 11 is 1.70. The van der Waals surface area contributed by atoms with E-state index in [2.05, 4.69) is 27.1 Å². The Labute approximate surface area is 157 Å². The van der Waals surface area contributed by atoms with E-state index >= 15 is 0 Å². The molecule has 150 valence electrons. The van der Waals surface area contributed by atoms with Crippen LogP contribution in [0.2, 0.25) is 0 Å². The van der Waals surface area contributed by atoms with Crippen molar-refractivity contribution in [2.45, 2.75) is 38.7 Å². The first-order chi connectivity index (χ1) is 12.8. The highest BCUT2D eigenvalue weighted by atomic mass is 32.1. The Balaban J connectivity index is 0.000000321. The second-order valence-corrected chi connectivity index (χ2v) is 6.77. The molecule has 0 radical (unpaired) electrons. The lowest BCUT2D eigenvalue weighted by molar-refractivity contribution is -0.192. The van der Waals surface area contributed by atoms with E-state index in [9.17, 15) is 13.2 Å². The molecule has 0 aliphatic carbocycles. The Morgan fingerprint density at radius 1 is 1.48 bits per heavy atom. The first kappa shape index (κ1) is 21.3. The number of aliphatic carboxylic acids is 1. The van der Waals surface area contributed by atoms with Gasteiger partial charge in [0.25, 0.3) is 0 Å². The van der Waals surface area contributed by atoms with Crippen LogP contribution < -0.4 is 0 Å². The number of methoxy groups -OCH3 is 1. The minimum Gasteiger partial charge on any atom is -0.475 e. The molecule has 1 aliphatic rings. The summed E-state index contributed by atoms with van der Waals surface area (Å²) < 4.78 is 39.1. The van der Waals surface area contributed by atoms with Crippen LogP contribution in [0.5, 0.6) is 0 Å². The highest BCUT2D eigenvalue weighted by Crippen LogP contribution is 2.28.